The number of aromatic amines is 1. The van der Waals surface area contributed by atoms with E-state index in [2.05, 4.69) is 39.0 Å². The third-order valence-electron chi connectivity index (χ3n) is 5.86. The van der Waals surface area contributed by atoms with Crippen molar-refractivity contribution in [1.82, 2.24) is 24.4 Å². The summed E-state index contributed by atoms with van der Waals surface area (Å²) in [5.41, 5.74) is 7.03. The number of nitrogens with one attached hydrogen (secondary N) is 2. The van der Waals surface area contributed by atoms with E-state index in [0.717, 1.165) is 44.7 Å². The zero-order valence-corrected chi connectivity index (χ0v) is 17.3. The van der Waals surface area contributed by atoms with Gasteiger partial charge < -0.3 is 20.9 Å². The summed E-state index contributed by atoms with van der Waals surface area (Å²) in [7, 11) is 0. The number of hydrogen-bond donors (Lipinski definition) is 3. The van der Waals surface area contributed by atoms with Crippen molar-refractivity contribution in [2.75, 3.05) is 37.2 Å². The second-order valence-electron chi connectivity index (χ2n) is 7.87. The van der Waals surface area contributed by atoms with Crippen LogP contribution in [0.25, 0.3) is 11.2 Å². The molecule has 2 aromatic heterocycles. The largest absolute Gasteiger partial charge is 0.382 e. The summed E-state index contributed by atoms with van der Waals surface area (Å²) >= 11 is 0. The Bertz CT molecular complexity index is 805. The average molecular weight is 390 g/mol. The molecule has 1 aliphatic rings. The van der Waals surface area contributed by atoms with E-state index in [4.69, 9.17) is 5.73 Å². The van der Waals surface area contributed by atoms with Crippen molar-refractivity contribution < 1.29 is 0 Å². The molecule has 0 radical (unpaired) electrons. The predicted octanol–water partition coefficient (Wildman–Crippen LogP) is 2.82. The number of fused-ring (bicyclic) bond motifs is 1. The van der Waals surface area contributed by atoms with Gasteiger partial charge in [0.2, 0.25) is 5.95 Å². The van der Waals surface area contributed by atoms with E-state index < -0.39 is 0 Å². The molecule has 3 heterocycles. The third-order valence-corrected chi connectivity index (χ3v) is 5.86. The van der Waals surface area contributed by atoms with Gasteiger partial charge in [-0.05, 0) is 51.2 Å². The molecular formula is C20H35N7O. The number of nitrogen functional groups attached to an aromatic ring is 1. The quantitative estimate of drug-likeness (QED) is 0.540. The molecule has 1 saturated heterocycles. The molecule has 8 heteroatoms. The monoisotopic (exact) mass is 389 g/mol. The minimum absolute atomic E-state index is 0.155. The maximum absolute atomic E-state index is 12.4. The first kappa shape index (κ1) is 20.6. The Morgan fingerprint density at radius 3 is 2.68 bits per heavy atom. The molecule has 0 spiro atoms. The van der Waals surface area contributed by atoms with Gasteiger partial charge in [-0.25, -0.2) is 4.79 Å². The Labute approximate surface area is 166 Å². The van der Waals surface area contributed by atoms with Gasteiger partial charge in [0, 0.05) is 13.1 Å². The fourth-order valence-electron chi connectivity index (χ4n) is 4.01. The van der Waals surface area contributed by atoms with Crippen LogP contribution in [0.4, 0.5) is 11.8 Å². The van der Waals surface area contributed by atoms with E-state index in [1.807, 2.05) is 0 Å². The van der Waals surface area contributed by atoms with Gasteiger partial charge in [0.25, 0.3) is 0 Å². The first-order valence-electron chi connectivity index (χ1n) is 10.8. The summed E-state index contributed by atoms with van der Waals surface area (Å²) in [6, 6.07) is 0. The Balaban J connectivity index is 1.58. The third kappa shape index (κ3) is 5.04. The molecule has 1 fully saturated rings. The second-order valence-corrected chi connectivity index (χ2v) is 7.87. The van der Waals surface area contributed by atoms with Crippen molar-refractivity contribution >= 4 is 22.9 Å². The van der Waals surface area contributed by atoms with Crippen molar-refractivity contribution in [2.45, 2.75) is 65.3 Å². The number of rotatable bonds is 10. The lowest BCUT2D eigenvalue weighted by atomic mass is 9.91. The van der Waals surface area contributed by atoms with Crippen molar-refractivity contribution in [3.63, 3.8) is 0 Å². The Kier molecular flexibility index (Phi) is 7.30. The van der Waals surface area contributed by atoms with Crippen LogP contribution in [0.3, 0.4) is 0 Å². The molecule has 0 saturated carbocycles. The maximum atomic E-state index is 12.4. The van der Waals surface area contributed by atoms with Crippen molar-refractivity contribution in [2.24, 2.45) is 5.92 Å². The Morgan fingerprint density at radius 1 is 1.18 bits per heavy atom. The zero-order valence-electron chi connectivity index (χ0n) is 17.3. The van der Waals surface area contributed by atoms with E-state index in [-0.39, 0.29) is 5.69 Å². The number of likely N-dealkylation sites (tertiary alicyclic amines) is 1. The highest BCUT2D eigenvalue weighted by molar-refractivity contribution is 5.82. The van der Waals surface area contributed by atoms with Gasteiger partial charge >= 0.3 is 5.69 Å². The van der Waals surface area contributed by atoms with Gasteiger partial charge in [0.05, 0.1) is 0 Å². The summed E-state index contributed by atoms with van der Waals surface area (Å²) in [6.45, 7) is 9.46. The molecule has 0 aliphatic carbocycles. The lowest BCUT2D eigenvalue weighted by Gasteiger charge is -2.31. The molecule has 1 aliphatic heterocycles. The van der Waals surface area contributed by atoms with Gasteiger partial charge in [-0.2, -0.15) is 9.97 Å². The van der Waals surface area contributed by atoms with Gasteiger partial charge in [-0.15, -0.1) is 0 Å². The van der Waals surface area contributed by atoms with Gasteiger partial charge in [0.15, 0.2) is 11.5 Å². The Hall–Kier alpha value is -2.09. The van der Waals surface area contributed by atoms with Gasteiger partial charge in [-0.1, -0.05) is 33.1 Å². The van der Waals surface area contributed by atoms with Gasteiger partial charge in [0.1, 0.15) is 5.52 Å². The van der Waals surface area contributed by atoms with E-state index in [0.29, 0.717) is 29.5 Å². The van der Waals surface area contributed by atoms with Crippen LogP contribution in [0.5, 0.6) is 0 Å². The number of aryl methyl sites for hydroxylation is 1. The van der Waals surface area contributed by atoms with E-state index in [1.165, 1.54) is 32.4 Å². The molecule has 0 unspecified atom stereocenters. The molecule has 28 heavy (non-hydrogen) atoms. The van der Waals surface area contributed by atoms with Crippen LogP contribution in [0, 0.1) is 5.92 Å². The number of hydrogen-bond acceptors (Lipinski definition) is 6. The number of nitrogens with two attached hydrogens (primary N) is 1. The zero-order chi connectivity index (χ0) is 19.9. The highest BCUT2D eigenvalue weighted by atomic mass is 16.1. The summed E-state index contributed by atoms with van der Waals surface area (Å²) in [4.78, 5) is 26.5. The first-order valence-corrected chi connectivity index (χ1v) is 10.8. The summed E-state index contributed by atoms with van der Waals surface area (Å²) < 4.78 is 1.71. The maximum Gasteiger partial charge on any atom is 0.327 e. The molecule has 2 aromatic rings. The van der Waals surface area contributed by atoms with Crippen LogP contribution in [-0.4, -0.2) is 50.6 Å². The highest BCUT2D eigenvalue weighted by Crippen LogP contribution is 2.23. The lowest BCUT2D eigenvalue weighted by Crippen LogP contribution is -2.33. The van der Waals surface area contributed by atoms with Crippen molar-refractivity contribution in [3.05, 3.63) is 10.5 Å². The van der Waals surface area contributed by atoms with Crippen LogP contribution in [0.2, 0.25) is 0 Å². The smallest absolute Gasteiger partial charge is 0.327 e. The number of piperidine rings is 1. The van der Waals surface area contributed by atoms with Gasteiger partial charge in [-0.3, -0.25) is 4.57 Å². The van der Waals surface area contributed by atoms with Crippen molar-refractivity contribution in [1.29, 1.82) is 0 Å². The number of aromatic nitrogens is 4. The van der Waals surface area contributed by atoms with Crippen LogP contribution in [-0.2, 0) is 6.54 Å². The average Bonchev–Trinajstić information content (AvgIpc) is 3.02. The number of anilines is 2. The number of imidazole rings is 1. The lowest BCUT2D eigenvalue weighted by molar-refractivity contribution is 0.184. The molecule has 0 bridgehead atoms. The molecule has 0 atom stereocenters. The minimum atomic E-state index is -0.155. The van der Waals surface area contributed by atoms with Crippen molar-refractivity contribution in [3.8, 4) is 0 Å². The highest BCUT2D eigenvalue weighted by Gasteiger charge is 2.18. The van der Waals surface area contributed by atoms with Crippen LogP contribution in [0.1, 0.15) is 58.8 Å². The fourth-order valence-corrected chi connectivity index (χ4v) is 4.01. The number of unbranched alkanes of at least 4 members (excludes halogenated alkanes) is 2. The molecule has 3 rings (SSSR count). The minimum Gasteiger partial charge on any atom is -0.382 e. The summed E-state index contributed by atoms with van der Waals surface area (Å²) in [6.07, 6.45) is 8.10. The molecule has 4 N–H and O–H groups in total. The second kappa shape index (κ2) is 9.91. The van der Waals surface area contributed by atoms with E-state index >= 15 is 0 Å². The van der Waals surface area contributed by atoms with Crippen LogP contribution in [0.15, 0.2) is 4.79 Å². The first-order chi connectivity index (χ1) is 13.6. The molecule has 0 amide bonds. The number of nitrogens with zero attached hydrogens (tertiary/aromatic N) is 4. The topological polar surface area (TPSA) is 105 Å². The summed E-state index contributed by atoms with van der Waals surface area (Å²) in [5, 5.41) is 3.20. The Morgan fingerprint density at radius 2 is 1.96 bits per heavy atom. The molecule has 156 valence electrons. The van der Waals surface area contributed by atoms with Crippen LogP contribution >= 0.6 is 0 Å². The molecule has 8 nitrogen and oxygen atoms in total. The van der Waals surface area contributed by atoms with E-state index in [1.54, 1.807) is 4.57 Å². The SMILES string of the molecule is CCCCNc1nc(N)c2[nH]c(=O)n(CCCCC3CCN(CC)CC3)c2n1. The predicted molar refractivity (Wildman–Crippen MR) is 115 cm³/mol. The standard InChI is InChI=1S/C20H35N7O/c1-3-5-11-22-19-24-17(21)16-18(25-19)27(20(28)23-16)12-7-6-8-15-9-13-26(4-2)14-10-15/h15H,3-14H2,1-2H3,(H,23,28)(H3,21,22,24,25). The molecule has 0 aromatic carbocycles. The van der Waals surface area contributed by atoms with Crippen LogP contribution < -0.4 is 16.7 Å². The number of H-pyrrole nitrogens is 1. The molecular weight excluding hydrogens is 354 g/mol. The summed E-state index contributed by atoms with van der Waals surface area (Å²) in [5.74, 6) is 1.64. The normalized spacial score (nSPS) is 16.1. The van der Waals surface area contributed by atoms with E-state index in [9.17, 15) is 4.79 Å². The fraction of sp³-hybridized carbons (Fsp3) is 0.750.